The summed E-state index contributed by atoms with van der Waals surface area (Å²) in [7, 11) is -4.18. The van der Waals surface area contributed by atoms with Crippen molar-refractivity contribution in [3.63, 3.8) is 0 Å². The van der Waals surface area contributed by atoms with E-state index in [4.69, 9.17) is 9.52 Å². The maximum Gasteiger partial charge on any atom is 0.371 e. The minimum atomic E-state index is -4.18. The second-order valence-corrected chi connectivity index (χ2v) is 7.97. The maximum atomic E-state index is 13.6. The van der Waals surface area contributed by atoms with Gasteiger partial charge in [-0.25, -0.2) is 17.6 Å². The van der Waals surface area contributed by atoms with E-state index in [1.807, 2.05) is 0 Å². The molecular formula is C17H17FN2O6S. The summed E-state index contributed by atoms with van der Waals surface area (Å²) in [6.07, 6.45) is 0.734. The smallest absolute Gasteiger partial charge is 0.371 e. The zero-order valence-electron chi connectivity index (χ0n) is 14.3. The standard InChI is InChI=1S/C17H17FN2O6S/c1-10-4-5-11(9-12(10)18)19-16(21)13-3-2-8-20(13)27(24,25)15-7-6-14(26-15)17(22)23/h4-7,9,13H,2-3,8H2,1H3,(H,19,21)(H,22,23). The van der Waals surface area contributed by atoms with Gasteiger partial charge in [0.1, 0.15) is 11.9 Å². The summed E-state index contributed by atoms with van der Waals surface area (Å²) in [6, 6.07) is 5.27. The van der Waals surface area contributed by atoms with Crippen LogP contribution >= 0.6 is 0 Å². The lowest BCUT2D eigenvalue weighted by Crippen LogP contribution is -2.43. The average molecular weight is 396 g/mol. The second-order valence-electron chi connectivity index (χ2n) is 6.15. The van der Waals surface area contributed by atoms with E-state index >= 15 is 0 Å². The Kier molecular flexibility index (Phi) is 5.03. The van der Waals surface area contributed by atoms with Crippen LogP contribution in [0.1, 0.15) is 29.0 Å². The number of benzene rings is 1. The van der Waals surface area contributed by atoms with Gasteiger partial charge in [-0.1, -0.05) is 6.07 Å². The molecule has 2 N–H and O–H groups in total. The Morgan fingerprint density at radius 1 is 1.30 bits per heavy atom. The van der Waals surface area contributed by atoms with Crippen molar-refractivity contribution < 1.29 is 31.9 Å². The van der Waals surface area contributed by atoms with Crippen LogP contribution in [0.5, 0.6) is 0 Å². The highest BCUT2D eigenvalue weighted by atomic mass is 32.2. The molecule has 1 fully saturated rings. The second kappa shape index (κ2) is 7.12. The monoisotopic (exact) mass is 396 g/mol. The minimum Gasteiger partial charge on any atom is -0.475 e. The summed E-state index contributed by atoms with van der Waals surface area (Å²) in [4.78, 5) is 23.4. The molecule has 1 atom stereocenters. The largest absolute Gasteiger partial charge is 0.475 e. The summed E-state index contributed by atoms with van der Waals surface area (Å²) in [6.45, 7) is 1.67. The zero-order chi connectivity index (χ0) is 19.8. The molecule has 10 heteroatoms. The molecule has 1 unspecified atom stereocenters. The first kappa shape index (κ1) is 19.1. The molecule has 1 saturated heterocycles. The number of carboxylic acid groups (broad SMARTS) is 1. The van der Waals surface area contributed by atoms with E-state index in [2.05, 4.69) is 5.32 Å². The van der Waals surface area contributed by atoms with Crippen LogP contribution in [0.2, 0.25) is 0 Å². The van der Waals surface area contributed by atoms with E-state index in [-0.39, 0.29) is 18.7 Å². The van der Waals surface area contributed by atoms with Gasteiger partial charge in [0.05, 0.1) is 0 Å². The van der Waals surface area contributed by atoms with E-state index in [1.165, 1.54) is 12.1 Å². The number of aryl methyl sites for hydroxylation is 1. The van der Waals surface area contributed by atoms with Gasteiger partial charge in [-0.15, -0.1) is 0 Å². The highest BCUT2D eigenvalue weighted by Crippen LogP contribution is 2.28. The Morgan fingerprint density at radius 2 is 2.04 bits per heavy atom. The lowest BCUT2D eigenvalue weighted by Gasteiger charge is -2.22. The van der Waals surface area contributed by atoms with Crippen LogP contribution in [-0.4, -0.2) is 42.3 Å². The molecule has 8 nitrogen and oxygen atoms in total. The van der Waals surface area contributed by atoms with Gasteiger partial charge in [0.2, 0.25) is 16.8 Å². The number of hydrogen-bond donors (Lipinski definition) is 2. The number of furan rings is 1. The average Bonchev–Trinajstić information content (AvgIpc) is 3.27. The molecule has 2 heterocycles. The Labute approximate surface area is 154 Å². The van der Waals surface area contributed by atoms with Gasteiger partial charge in [0.15, 0.2) is 0 Å². The number of hydrogen-bond acceptors (Lipinski definition) is 5. The molecule has 1 aromatic heterocycles. The van der Waals surface area contributed by atoms with Crippen LogP contribution in [0.15, 0.2) is 39.8 Å². The van der Waals surface area contributed by atoms with Crippen LogP contribution in [0.3, 0.4) is 0 Å². The SMILES string of the molecule is Cc1ccc(NC(=O)C2CCCN2S(=O)(=O)c2ccc(C(=O)O)o2)cc1F. The fourth-order valence-corrected chi connectivity index (χ4v) is 4.45. The van der Waals surface area contributed by atoms with Crippen molar-refractivity contribution in [2.45, 2.75) is 30.9 Å². The van der Waals surface area contributed by atoms with Gasteiger partial charge in [0.25, 0.3) is 10.0 Å². The number of carbonyl (C=O) groups is 2. The third-order valence-electron chi connectivity index (χ3n) is 4.30. The number of rotatable bonds is 5. The molecule has 0 radical (unpaired) electrons. The molecule has 3 rings (SSSR count). The van der Waals surface area contributed by atoms with Crippen LogP contribution in [0.4, 0.5) is 10.1 Å². The van der Waals surface area contributed by atoms with E-state index in [0.717, 1.165) is 22.5 Å². The number of anilines is 1. The number of amides is 1. The van der Waals surface area contributed by atoms with Crippen LogP contribution < -0.4 is 5.32 Å². The molecule has 2 aromatic rings. The Bertz CT molecular complexity index is 1000. The zero-order valence-corrected chi connectivity index (χ0v) is 15.1. The number of nitrogens with one attached hydrogen (secondary N) is 1. The van der Waals surface area contributed by atoms with Gasteiger partial charge in [-0.05, 0) is 49.6 Å². The first-order valence-corrected chi connectivity index (χ1v) is 9.56. The summed E-state index contributed by atoms with van der Waals surface area (Å²) in [5, 5.41) is 10.9. The molecule has 1 aliphatic rings. The van der Waals surface area contributed by atoms with Gasteiger partial charge in [0, 0.05) is 12.2 Å². The Balaban J connectivity index is 1.82. The maximum absolute atomic E-state index is 13.6. The number of halogens is 1. The van der Waals surface area contributed by atoms with E-state index in [0.29, 0.717) is 12.0 Å². The number of sulfonamides is 1. The number of carbonyl (C=O) groups excluding carboxylic acids is 1. The van der Waals surface area contributed by atoms with Crippen molar-refractivity contribution in [3.8, 4) is 0 Å². The molecule has 0 spiro atoms. The summed E-state index contributed by atoms with van der Waals surface area (Å²) < 4.78 is 45.0. The van der Waals surface area contributed by atoms with Gasteiger partial charge < -0.3 is 14.8 Å². The molecule has 1 amide bonds. The third-order valence-corrected chi connectivity index (χ3v) is 6.08. The molecule has 0 saturated carbocycles. The van der Waals surface area contributed by atoms with Gasteiger partial charge in [-0.3, -0.25) is 4.79 Å². The van der Waals surface area contributed by atoms with E-state index < -0.39 is 44.6 Å². The topological polar surface area (TPSA) is 117 Å². The Morgan fingerprint density at radius 3 is 2.67 bits per heavy atom. The lowest BCUT2D eigenvalue weighted by molar-refractivity contribution is -0.119. The van der Waals surface area contributed by atoms with Crippen molar-refractivity contribution >= 4 is 27.6 Å². The van der Waals surface area contributed by atoms with Crippen LogP contribution in [0.25, 0.3) is 0 Å². The lowest BCUT2D eigenvalue weighted by atomic mass is 10.2. The fraction of sp³-hybridized carbons (Fsp3) is 0.294. The predicted molar refractivity (Wildman–Crippen MR) is 92.3 cm³/mol. The predicted octanol–water partition coefficient (Wildman–Crippen LogP) is 2.22. The molecule has 1 aliphatic heterocycles. The van der Waals surface area contributed by atoms with E-state index in [1.54, 1.807) is 6.92 Å². The van der Waals surface area contributed by atoms with Crippen molar-refractivity contribution in [2.75, 3.05) is 11.9 Å². The van der Waals surface area contributed by atoms with Crippen molar-refractivity contribution in [2.24, 2.45) is 0 Å². The Hall–Kier alpha value is -2.72. The molecule has 27 heavy (non-hydrogen) atoms. The van der Waals surface area contributed by atoms with Crippen molar-refractivity contribution in [1.29, 1.82) is 0 Å². The van der Waals surface area contributed by atoms with Gasteiger partial charge in [-0.2, -0.15) is 4.31 Å². The number of nitrogens with zero attached hydrogens (tertiary/aromatic N) is 1. The summed E-state index contributed by atoms with van der Waals surface area (Å²) in [5.41, 5.74) is 0.642. The quantitative estimate of drug-likeness (QED) is 0.800. The van der Waals surface area contributed by atoms with E-state index in [9.17, 15) is 22.4 Å². The molecule has 1 aromatic carbocycles. The number of aromatic carboxylic acids is 1. The summed E-state index contributed by atoms with van der Waals surface area (Å²) in [5.74, 6) is -2.98. The fourth-order valence-electron chi connectivity index (χ4n) is 2.88. The molecule has 144 valence electrons. The first-order chi connectivity index (χ1) is 12.7. The third kappa shape index (κ3) is 3.71. The number of carboxylic acids is 1. The van der Waals surface area contributed by atoms with Crippen molar-refractivity contribution in [3.05, 3.63) is 47.5 Å². The minimum absolute atomic E-state index is 0.0891. The van der Waals surface area contributed by atoms with Crippen molar-refractivity contribution in [1.82, 2.24) is 4.31 Å². The summed E-state index contributed by atoms with van der Waals surface area (Å²) >= 11 is 0. The first-order valence-electron chi connectivity index (χ1n) is 8.12. The normalized spacial score (nSPS) is 17.8. The highest BCUT2D eigenvalue weighted by Gasteiger charge is 2.41. The molecule has 0 bridgehead atoms. The van der Waals surface area contributed by atoms with Crippen LogP contribution in [-0.2, 0) is 14.8 Å². The molecule has 0 aliphatic carbocycles. The van der Waals surface area contributed by atoms with Crippen LogP contribution in [0, 0.1) is 12.7 Å². The highest BCUT2D eigenvalue weighted by molar-refractivity contribution is 7.89. The molecular weight excluding hydrogens is 379 g/mol. The van der Waals surface area contributed by atoms with Gasteiger partial charge >= 0.3 is 5.97 Å².